The van der Waals surface area contributed by atoms with Crippen LogP contribution in [0, 0.1) is 11.8 Å². The van der Waals surface area contributed by atoms with Crippen LogP contribution in [0.15, 0.2) is 0 Å². The molecule has 1 saturated heterocycles. The van der Waals surface area contributed by atoms with E-state index in [9.17, 15) is 13.2 Å². The van der Waals surface area contributed by atoms with Crippen molar-refractivity contribution in [3.05, 3.63) is 0 Å². The van der Waals surface area contributed by atoms with Crippen molar-refractivity contribution < 1.29 is 23.1 Å². The maximum absolute atomic E-state index is 12.2. The quantitative estimate of drug-likeness (QED) is 0.735. The van der Waals surface area contributed by atoms with Gasteiger partial charge < -0.3 is 9.84 Å². The standard InChI is InChI=1S/C12H24N2O5S/c1-8(2)11(12(15)16)5-13-20(17,18)14-6-9(3)19-10(4)7-14/h8-11,13H,5-7H2,1-4H3,(H,15,16). The zero-order chi connectivity index (χ0) is 15.5. The fraction of sp³-hybridized carbons (Fsp3) is 0.917. The van der Waals surface area contributed by atoms with Crippen LogP contribution in [-0.2, 0) is 19.7 Å². The minimum Gasteiger partial charge on any atom is -0.481 e. The summed E-state index contributed by atoms with van der Waals surface area (Å²) >= 11 is 0. The third kappa shape index (κ3) is 4.69. The Morgan fingerprint density at radius 3 is 2.25 bits per heavy atom. The molecule has 0 aromatic carbocycles. The number of hydrogen-bond acceptors (Lipinski definition) is 4. The molecule has 1 rings (SSSR count). The molecule has 1 heterocycles. The van der Waals surface area contributed by atoms with Gasteiger partial charge in [0, 0.05) is 19.6 Å². The second-order valence-corrected chi connectivity index (χ2v) is 7.37. The van der Waals surface area contributed by atoms with E-state index in [2.05, 4.69) is 4.72 Å². The van der Waals surface area contributed by atoms with Crippen LogP contribution in [0.2, 0.25) is 0 Å². The first-order valence-electron chi connectivity index (χ1n) is 6.76. The van der Waals surface area contributed by atoms with Crippen LogP contribution in [0.1, 0.15) is 27.7 Å². The van der Waals surface area contributed by atoms with E-state index in [1.54, 1.807) is 13.8 Å². The average molecular weight is 308 g/mol. The molecule has 0 amide bonds. The first kappa shape index (κ1) is 17.4. The first-order valence-corrected chi connectivity index (χ1v) is 8.20. The Morgan fingerprint density at radius 1 is 1.35 bits per heavy atom. The van der Waals surface area contributed by atoms with Crippen LogP contribution in [0.25, 0.3) is 0 Å². The summed E-state index contributed by atoms with van der Waals surface area (Å²) in [6.07, 6.45) is -0.341. The summed E-state index contributed by atoms with van der Waals surface area (Å²) in [4.78, 5) is 11.1. The molecule has 0 saturated carbocycles. The topological polar surface area (TPSA) is 95.9 Å². The number of hydrogen-bond donors (Lipinski definition) is 2. The van der Waals surface area contributed by atoms with Gasteiger partial charge in [-0.3, -0.25) is 4.79 Å². The SMILES string of the molecule is CC1CN(S(=O)(=O)NCC(C(=O)O)C(C)C)CC(C)O1. The molecule has 1 aliphatic rings. The minimum absolute atomic E-state index is 0.102. The number of ether oxygens (including phenoxy) is 1. The highest BCUT2D eigenvalue weighted by Gasteiger charge is 2.32. The summed E-state index contributed by atoms with van der Waals surface area (Å²) in [7, 11) is -3.67. The highest BCUT2D eigenvalue weighted by Crippen LogP contribution is 2.15. The molecule has 118 valence electrons. The van der Waals surface area contributed by atoms with Gasteiger partial charge in [-0.2, -0.15) is 12.7 Å². The van der Waals surface area contributed by atoms with E-state index in [-0.39, 0.29) is 37.8 Å². The van der Waals surface area contributed by atoms with Gasteiger partial charge in [0.15, 0.2) is 0 Å². The smallest absolute Gasteiger partial charge is 0.308 e. The molecule has 7 nitrogen and oxygen atoms in total. The Morgan fingerprint density at radius 2 is 1.85 bits per heavy atom. The van der Waals surface area contributed by atoms with Crippen LogP contribution >= 0.6 is 0 Å². The molecule has 8 heteroatoms. The molecular weight excluding hydrogens is 284 g/mol. The number of nitrogens with one attached hydrogen (secondary N) is 1. The van der Waals surface area contributed by atoms with Crippen molar-refractivity contribution in [2.24, 2.45) is 11.8 Å². The van der Waals surface area contributed by atoms with Gasteiger partial charge in [0.25, 0.3) is 10.2 Å². The molecule has 0 aliphatic carbocycles. The Bertz CT molecular complexity index is 427. The third-order valence-electron chi connectivity index (χ3n) is 3.33. The lowest BCUT2D eigenvalue weighted by Gasteiger charge is -2.34. The lowest BCUT2D eigenvalue weighted by atomic mass is 9.97. The largest absolute Gasteiger partial charge is 0.481 e. The second-order valence-electron chi connectivity index (χ2n) is 5.62. The van der Waals surface area contributed by atoms with Gasteiger partial charge in [0.1, 0.15) is 0 Å². The predicted octanol–water partition coefficient (Wildman–Crippen LogP) is 0.287. The Labute approximate surface area is 120 Å². The van der Waals surface area contributed by atoms with E-state index < -0.39 is 22.1 Å². The van der Waals surface area contributed by atoms with Crippen molar-refractivity contribution in [1.29, 1.82) is 0 Å². The maximum Gasteiger partial charge on any atom is 0.308 e. The Hall–Kier alpha value is -0.700. The van der Waals surface area contributed by atoms with Crippen molar-refractivity contribution in [3.63, 3.8) is 0 Å². The average Bonchev–Trinajstić information content (AvgIpc) is 2.26. The number of rotatable bonds is 6. The summed E-state index contributed by atoms with van der Waals surface area (Å²) in [6.45, 7) is 7.59. The normalized spacial score (nSPS) is 26.6. The second kappa shape index (κ2) is 6.84. The number of carboxylic acid groups (broad SMARTS) is 1. The van der Waals surface area contributed by atoms with Crippen molar-refractivity contribution in [2.75, 3.05) is 19.6 Å². The third-order valence-corrected chi connectivity index (χ3v) is 4.84. The molecule has 0 aromatic heterocycles. The highest BCUT2D eigenvalue weighted by molar-refractivity contribution is 7.87. The van der Waals surface area contributed by atoms with Crippen LogP contribution in [0.3, 0.4) is 0 Å². The van der Waals surface area contributed by atoms with Gasteiger partial charge in [-0.05, 0) is 19.8 Å². The molecule has 3 unspecified atom stereocenters. The molecule has 3 atom stereocenters. The number of carboxylic acids is 1. The molecular formula is C12H24N2O5S. The first-order chi connectivity index (χ1) is 9.13. The number of aliphatic carboxylic acids is 1. The molecule has 20 heavy (non-hydrogen) atoms. The summed E-state index contributed by atoms with van der Waals surface area (Å²) < 4.78 is 33.6. The van der Waals surface area contributed by atoms with Gasteiger partial charge in [0.2, 0.25) is 0 Å². The van der Waals surface area contributed by atoms with Crippen LogP contribution in [0.4, 0.5) is 0 Å². The number of nitrogens with zero attached hydrogens (tertiary/aromatic N) is 1. The molecule has 1 fully saturated rings. The summed E-state index contributed by atoms with van der Waals surface area (Å²) in [6, 6.07) is 0. The molecule has 0 spiro atoms. The lowest BCUT2D eigenvalue weighted by Crippen LogP contribution is -2.52. The van der Waals surface area contributed by atoms with Crippen LogP contribution in [-0.4, -0.2) is 55.6 Å². The highest BCUT2D eigenvalue weighted by atomic mass is 32.2. The fourth-order valence-electron chi connectivity index (χ4n) is 2.22. The predicted molar refractivity (Wildman–Crippen MR) is 74.5 cm³/mol. The zero-order valence-corrected chi connectivity index (χ0v) is 13.2. The number of carbonyl (C=O) groups is 1. The molecule has 0 radical (unpaired) electrons. The zero-order valence-electron chi connectivity index (χ0n) is 12.4. The molecule has 1 aliphatic heterocycles. The summed E-state index contributed by atoms with van der Waals surface area (Å²) in [5.41, 5.74) is 0. The maximum atomic E-state index is 12.2. The molecule has 2 N–H and O–H groups in total. The van der Waals surface area contributed by atoms with Gasteiger partial charge >= 0.3 is 5.97 Å². The minimum atomic E-state index is -3.67. The van der Waals surface area contributed by atoms with Gasteiger partial charge in [0.05, 0.1) is 18.1 Å². The fourth-order valence-corrected chi connectivity index (χ4v) is 3.61. The van der Waals surface area contributed by atoms with Crippen molar-refractivity contribution >= 4 is 16.2 Å². The van der Waals surface area contributed by atoms with Gasteiger partial charge in [-0.1, -0.05) is 13.8 Å². The lowest BCUT2D eigenvalue weighted by molar-refractivity contribution is -0.142. The van der Waals surface area contributed by atoms with E-state index in [1.807, 2.05) is 13.8 Å². The Kier molecular flexibility index (Phi) is 5.93. The van der Waals surface area contributed by atoms with Crippen LogP contribution in [0.5, 0.6) is 0 Å². The van der Waals surface area contributed by atoms with Gasteiger partial charge in [-0.25, -0.2) is 4.72 Å². The van der Waals surface area contributed by atoms with E-state index in [4.69, 9.17) is 9.84 Å². The summed E-state index contributed by atoms with van der Waals surface area (Å²) in [5, 5.41) is 9.07. The van der Waals surface area contributed by atoms with E-state index in [0.717, 1.165) is 0 Å². The van der Waals surface area contributed by atoms with Crippen molar-refractivity contribution in [3.8, 4) is 0 Å². The van der Waals surface area contributed by atoms with E-state index in [1.165, 1.54) is 4.31 Å². The molecule has 0 aromatic rings. The van der Waals surface area contributed by atoms with E-state index >= 15 is 0 Å². The Balaban J connectivity index is 2.67. The van der Waals surface area contributed by atoms with Crippen molar-refractivity contribution in [2.45, 2.75) is 39.9 Å². The summed E-state index contributed by atoms with van der Waals surface area (Å²) in [5.74, 6) is -1.87. The number of morpholine rings is 1. The molecule has 0 bridgehead atoms. The van der Waals surface area contributed by atoms with Crippen molar-refractivity contribution in [1.82, 2.24) is 9.03 Å². The van der Waals surface area contributed by atoms with Crippen LogP contribution < -0.4 is 4.72 Å². The van der Waals surface area contributed by atoms with E-state index in [0.29, 0.717) is 0 Å². The monoisotopic (exact) mass is 308 g/mol. The van der Waals surface area contributed by atoms with Gasteiger partial charge in [-0.15, -0.1) is 0 Å².